The van der Waals surface area contributed by atoms with E-state index in [4.69, 9.17) is 21.1 Å². The Hall–Kier alpha value is -1.51. The van der Waals surface area contributed by atoms with E-state index >= 15 is 0 Å². The second kappa shape index (κ2) is 4.80. The summed E-state index contributed by atoms with van der Waals surface area (Å²) in [6.45, 7) is 4.15. The second-order valence-electron chi connectivity index (χ2n) is 5.51. The Kier molecular flexibility index (Phi) is 3.23. The molecule has 0 N–H and O–H groups in total. The Bertz CT molecular complexity index is 632. The van der Waals surface area contributed by atoms with Crippen molar-refractivity contribution in [3.63, 3.8) is 0 Å². The quantitative estimate of drug-likeness (QED) is 0.797. The highest BCUT2D eigenvalue weighted by molar-refractivity contribution is 6.30. The number of fused-ring (bicyclic) bond motifs is 1. The topological polar surface area (TPSA) is 18.5 Å². The summed E-state index contributed by atoms with van der Waals surface area (Å²) in [5.41, 5.74) is 3.14. The summed E-state index contributed by atoms with van der Waals surface area (Å²) in [6.07, 6.45) is -0.0526. The monoisotopic (exact) mass is 288 g/mol. The van der Waals surface area contributed by atoms with Gasteiger partial charge in [-0.2, -0.15) is 0 Å². The van der Waals surface area contributed by atoms with E-state index in [-0.39, 0.29) is 11.7 Å². The first-order valence-electron chi connectivity index (χ1n) is 6.63. The van der Waals surface area contributed by atoms with E-state index in [9.17, 15) is 0 Å². The lowest BCUT2D eigenvalue weighted by atomic mass is 9.93. The fraction of sp³-hybridized carbons (Fsp3) is 0.294. The number of hydrogen-bond acceptors (Lipinski definition) is 2. The number of methoxy groups -OCH3 is 1. The van der Waals surface area contributed by atoms with Crippen LogP contribution in [0.15, 0.2) is 42.5 Å². The van der Waals surface area contributed by atoms with Gasteiger partial charge in [-0.25, -0.2) is 0 Å². The largest absolute Gasteiger partial charge is 0.497 e. The van der Waals surface area contributed by atoms with Crippen molar-refractivity contribution in [2.24, 2.45) is 0 Å². The van der Waals surface area contributed by atoms with Gasteiger partial charge in [-0.15, -0.1) is 0 Å². The molecule has 0 aliphatic carbocycles. The molecule has 0 saturated heterocycles. The molecule has 0 spiro atoms. The van der Waals surface area contributed by atoms with E-state index in [2.05, 4.69) is 19.9 Å². The van der Waals surface area contributed by atoms with Crippen molar-refractivity contribution >= 4 is 11.6 Å². The average Bonchev–Trinajstić information content (AvgIpc) is 2.71. The highest BCUT2D eigenvalue weighted by Crippen LogP contribution is 2.46. The normalized spacial score (nSPS) is 19.7. The molecule has 104 valence electrons. The molecular formula is C17H17ClO2. The van der Waals surface area contributed by atoms with Crippen molar-refractivity contribution < 1.29 is 9.47 Å². The first-order valence-corrected chi connectivity index (χ1v) is 7.01. The van der Waals surface area contributed by atoms with Gasteiger partial charge in [0.15, 0.2) is 0 Å². The van der Waals surface area contributed by atoms with Gasteiger partial charge in [0.05, 0.1) is 12.7 Å². The first kappa shape index (κ1) is 13.5. The molecule has 3 heteroatoms. The molecule has 1 aliphatic rings. The van der Waals surface area contributed by atoms with Crippen molar-refractivity contribution in [3.05, 3.63) is 64.2 Å². The Balaban J connectivity index is 2.04. The van der Waals surface area contributed by atoms with Crippen LogP contribution in [-0.2, 0) is 10.3 Å². The van der Waals surface area contributed by atoms with Crippen LogP contribution < -0.4 is 4.74 Å². The van der Waals surface area contributed by atoms with Crippen LogP contribution in [0, 0.1) is 0 Å². The van der Waals surface area contributed by atoms with Gasteiger partial charge >= 0.3 is 0 Å². The third-order valence-corrected chi connectivity index (χ3v) is 4.01. The maximum atomic E-state index is 6.23. The molecule has 0 amide bonds. The Morgan fingerprint density at radius 2 is 1.80 bits per heavy atom. The molecule has 1 atom stereocenters. The summed E-state index contributed by atoms with van der Waals surface area (Å²) >= 11 is 6.11. The standard InChI is InChI=1S/C17H17ClO2/c1-17(2)15-10-12(18)6-9-14(15)16(20-17)11-4-7-13(19-3)8-5-11/h4-10,16H,1-3H3/t16-/m1/s1. The van der Waals surface area contributed by atoms with Crippen molar-refractivity contribution in [3.8, 4) is 5.75 Å². The molecule has 3 rings (SSSR count). The zero-order chi connectivity index (χ0) is 14.3. The molecule has 0 fully saturated rings. The molecule has 0 radical (unpaired) electrons. The molecule has 0 aromatic heterocycles. The second-order valence-corrected chi connectivity index (χ2v) is 5.95. The van der Waals surface area contributed by atoms with Gasteiger partial charge in [0.2, 0.25) is 0 Å². The predicted molar refractivity (Wildman–Crippen MR) is 80.4 cm³/mol. The lowest BCUT2D eigenvalue weighted by molar-refractivity contribution is -0.0340. The number of halogens is 1. The molecule has 2 nitrogen and oxygen atoms in total. The minimum Gasteiger partial charge on any atom is -0.497 e. The smallest absolute Gasteiger partial charge is 0.118 e. The molecular weight excluding hydrogens is 272 g/mol. The molecule has 0 bridgehead atoms. The summed E-state index contributed by atoms with van der Waals surface area (Å²) < 4.78 is 11.4. The van der Waals surface area contributed by atoms with Crippen LogP contribution in [0.25, 0.3) is 0 Å². The van der Waals surface area contributed by atoms with Crippen LogP contribution in [-0.4, -0.2) is 7.11 Å². The van der Waals surface area contributed by atoms with Gasteiger partial charge in [-0.3, -0.25) is 0 Å². The van der Waals surface area contributed by atoms with Gasteiger partial charge in [0.1, 0.15) is 11.9 Å². The Morgan fingerprint density at radius 1 is 1.10 bits per heavy atom. The van der Waals surface area contributed by atoms with Crippen LogP contribution >= 0.6 is 11.6 Å². The fourth-order valence-electron chi connectivity index (χ4n) is 2.73. The van der Waals surface area contributed by atoms with Crippen LogP contribution in [0.1, 0.15) is 36.6 Å². The van der Waals surface area contributed by atoms with Crippen LogP contribution in [0.5, 0.6) is 5.75 Å². The summed E-state index contributed by atoms with van der Waals surface area (Å²) in [6, 6.07) is 14.0. The van der Waals surface area contributed by atoms with E-state index < -0.39 is 0 Å². The zero-order valence-electron chi connectivity index (χ0n) is 11.8. The van der Waals surface area contributed by atoms with Crippen molar-refractivity contribution in [2.45, 2.75) is 25.6 Å². The minimum absolute atomic E-state index is 0.0526. The molecule has 0 saturated carbocycles. The van der Waals surface area contributed by atoms with E-state index in [0.717, 1.165) is 21.9 Å². The van der Waals surface area contributed by atoms with Gasteiger partial charge in [-0.1, -0.05) is 29.8 Å². The van der Waals surface area contributed by atoms with Crippen LogP contribution in [0.3, 0.4) is 0 Å². The average molecular weight is 289 g/mol. The minimum atomic E-state index is -0.329. The SMILES string of the molecule is COc1ccc([C@H]2OC(C)(C)c3cc(Cl)ccc32)cc1. The highest BCUT2D eigenvalue weighted by Gasteiger charge is 2.38. The number of hydrogen-bond donors (Lipinski definition) is 0. The fourth-order valence-corrected chi connectivity index (χ4v) is 2.90. The third-order valence-electron chi connectivity index (χ3n) is 3.78. The lowest BCUT2D eigenvalue weighted by Gasteiger charge is -2.21. The van der Waals surface area contributed by atoms with E-state index in [1.165, 1.54) is 5.56 Å². The predicted octanol–water partition coefficient (Wildman–Crippen LogP) is 4.70. The van der Waals surface area contributed by atoms with Gasteiger partial charge in [0, 0.05) is 5.02 Å². The van der Waals surface area contributed by atoms with Gasteiger partial charge < -0.3 is 9.47 Å². The van der Waals surface area contributed by atoms with Crippen LogP contribution in [0.2, 0.25) is 5.02 Å². The molecule has 1 aliphatic heterocycles. The summed E-state index contributed by atoms with van der Waals surface area (Å²) in [7, 11) is 1.67. The Morgan fingerprint density at radius 3 is 2.45 bits per heavy atom. The molecule has 0 unspecified atom stereocenters. The number of ether oxygens (including phenoxy) is 2. The van der Waals surface area contributed by atoms with E-state index in [1.54, 1.807) is 7.11 Å². The first-order chi connectivity index (χ1) is 9.51. The maximum absolute atomic E-state index is 6.23. The Labute approximate surface area is 124 Å². The third kappa shape index (κ3) is 2.19. The van der Waals surface area contributed by atoms with Gasteiger partial charge in [-0.05, 0) is 54.8 Å². The highest BCUT2D eigenvalue weighted by atomic mass is 35.5. The van der Waals surface area contributed by atoms with Crippen LogP contribution in [0.4, 0.5) is 0 Å². The van der Waals surface area contributed by atoms with Crippen molar-refractivity contribution in [1.29, 1.82) is 0 Å². The van der Waals surface area contributed by atoms with E-state index in [0.29, 0.717) is 0 Å². The molecule has 2 aromatic rings. The van der Waals surface area contributed by atoms with Crippen molar-refractivity contribution in [2.75, 3.05) is 7.11 Å². The number of benzene rings is 2. The van der Waals surface area contributed by atoms with E-state index in [1.807, 2.05) is 36.4 Å². The summed E-state index contributed by atoms with van der Waals surface area (Å²) in [4.78, 5) is 0. The zero-order valence-corrected chi connectivity index (χ0v) is 12.6. The molecule has 1 heterocycles. The molecule has 2 aromatic carbocycles. The number of rotatable bonds is 2. The lowest BCUT2D eigenvalue weighted by Crippen LogP contribution is -2.15. The summed E-state index contributed by atoms with van der Waals surface area (Å²) in [5.74, 6) is 0.849. The summed E-state index contributed by atoms with van der Waals surface area (Å²) in [5, 5.41) is 0.746. The van der Waals surface area contributed by atoms with Gasteiger partial charge in [0.25, 0.3) is 0 Å². The molecule has 20 heavy (non-hydrogen) atoms. The maximum Gasteiger partial charge on any atom is 0.118 e. The van der Waals surface area contributed by atoms with Crippen molar-refractivity contribution in [1.82, 2.24) is 0 Å².